The number of benzene rings is 1. The molecular weight excluding hydrogens is 238 g/mol. The smallest absolute Gasteiger partial charge is 0.159 e. The normalized spacial score (nSPS) is 12.6. The lowest BCUT2D eigenvalue weighted by Crippen LogP contribution is -2.38. The number of nitrogens with one attached hydrogen (secondary N) is 1. The van der Waals surface area contributed by atoms with Crippen LogP contribution >= 0.6 is 0 Å². The Labute approximate surface area is 104 Å². The van der Waals surface area contributed by atoms with Gasteiger partial charge in [0.2, 0.25) is 0 Å². The number of hydrogen-bond acceptors (Lipinski definition) is 3. The molecule has 0 spiro atoms. The highest BCUT2D eigenvalue weighted by molar-refractivity contribution is 5.19. The van der Waals surface area contributed by atoms with Crippen molar-refractivity contribution in [1.29, 1.82) is 0 Å². The molecular formula is C13H14F2N2O. The maximum atomic E-state index is 13.1. The SMILES string of the molecule is NNC(Cc1ccc(F)c(F)c1)Cc1ccco1. The van der Waals surface area contributed by atoms with Crippen LogP contribution in [0, 0.1) is 11.6 Å². The Morgan fingerprint density at radius 1 is 1.17 bits per heavy atom. The molecule has 0 saturated heterocycles. The first-order valence-corrected chi connectivity index (χ1v) is 5.61. The van der Waals surface area contributed by atoms with E-state index in [2.05, 4.69) is 5.43 Å². The fourth-order valence-corrected chi connectivity index (χ4v) is 1.81. The third-order valence-electron chi connectivity index (χ3n) is 2.73. The Hall–Kier alpha value is -1.72. The Kier molecular flexibility index (Phi) is 4.07. The summed E-state index contributed by atoms with van der Waals surface area (Å²) in [4.78, 5) is 0. The molecule has 0 aliphatic rings. The van der Waals surface area contributed by atoms with Gasteiger partial charge in [-0.1, -0.05) is 6.07 Å². The minimum Gasteiger partial charge on any atom is -0.469 e. The number of halogens is 2. The van der Waals surface area contributed by atoms with E-state index in [9.17, 15) is 8.78 Å². The molecule has 5 heteroatoms. The number of hydrazine groups is 1. The average molecular weight is 252 g/mol. The second-order valence-corrected chi connectivity index (χ2v) is 4.10. The summed E-state index contributed by atoms with van der Waals surface area (Å²) in [6.45, 7) is 0. The molecule has 1 aromatic heterocycles. The predicted octanol–water partition coefficient (Wildman–Crippen LogP) is 2.17. The zero-order chi connectivity index (χ0) is 13.0. The molecule has 3 nitrogen and oxygen atoms in total. The molecule has 0 radical (unpaired) electrons. The van der Waals surface area contributed by atoms with Gasteiger partial charge in [0.1, 0.15) is 5.76 Å². The summed E-state index contributed by atoms with van der Waals surface area (Å²) in [5.74, 6) is 4.55. The minimum atomic E-state index is -0.846. The zero-order valence-corrected chi connectivity index (χ0v) is 9.70. The van der Waals surface area contributed by atoms with E-state index in [-0.39, 0.29) is 6.04 Å². The maximum absolute atomic E-state index is 13.1. The lowest BCUT2D eigenvalue weighted by atomic mass is 10.0. The molecule has 1 aromatic carbocycles. The highest BCUT2D eigenvalue weighted by atomic mass is 19.2. The second-order valence-electron chi connectivity index (χ2n) is 4.10. The molecule has 0 fully saturated rings. The van der Waals surface area contributed by atoms with Gasteiger partial charge in [0.25, 0.3) is 0 Å². The Morgan fingerprint density at radius 3 is 2.61 bits per heavy atom. The van der Waals surface area contributed by atoms with Gasteiger partial charge in [0.15, 0.2) is 11.6 Å². The van der Waals surface area contributed by atoms with Crippen LogP contribution in [0.4, 0.5) is 8.78 Å². The molecule has 1 atom stereocenters. The van der Waals surface area contributed by atoms with Crippen LogP contribution in [0.1, 0.15) is 11.3 Å². The lowest BCUT2D eigenvalue weighted by Gasteiger charge is -2.14. The number of rotatable bonds is 5. The number of hydrogen-bond donors (Lipinski definition) is 2. The van der Waals surface area contributed by atoms with Gasteiger partial charge in [-0.05, 0) is 36.2 Å². The van der Waals surface area contributed by atoms with Gasteiger partial charge in [-0.3, -0.25) is 11.3 Å². The summed E-state index contributed by atoms with van der Waals surface area (Å²) in [5.41, 5.74) is 3.33. The summed E-state index contributed by atoms with van der Waals surface area (Å²) in [6, 6.07) is 7.38. The molecule has 0 saturated carbocycles. The fourth-order valence-electron chi connectivity index (χ4n) is 1.81. The number of furan rings is 1. The van der Waals surface area contributed by atoms with E-state index in [1.807, 2.05) is 6.07 Å². The van der Waals surface area contributed by atoms with E-state index in [1.165, 1.54) is 6.07 Å². The molecule has 0 bridgehead atoms. The van der Waals surface area contributed by atoms with Crippen molar-refractivity contribution in [3.05, 3.63) is 59.6 Å². The summed E-state index contributed by atoms with van der Waals surface area (Å²) in [7, 11) is 0. The first kappa shape index (κ1) is 12.7. The van der Waals surface area contributed by atoms with Crippen LogP contribution in [0.2, 0.25) is 0 Å². The third-order valence-corrected chi connectivity index (χ3v) is 2.73. The van der Waals surface area contributed by atoms with E-state index < -0.39 is 11.6 Å². The standard InChI is InChI=1S/C13H14F2N2O/c14-12-4-3-9(7-13(12)15)6-10(17-16)8-11-2-1-5-18-11/h1-5,7,10,17H,6,8,16H2. The topological polar surface area (TPSA) is 51.2 Å². The molecule has 1 unspecified atom stereocenters. The molecule has 2 rings (SSSR count). The highest BCUT2D eigenvalue weighted by Crippen LogP contribution is 2.12. The molecule has 3 N–H and O–H groups in total. The largest absolute Gasteiger partial charge is 0.469 e. The van der Waals surface area contributed by atoms with Crippen LogP contribution < -0.4 is 11.3 Å². The van der Waals surface area contributed by atoms with Crippen molar-refractivity contribution in [2.24, 2.45) is 5.84 Å². The van der Waals surface area contributed by atoms with Crippen molar-refractivity contribution >= 4 is 0 Å². The van der Waals surface area contributed by atoms with Gasteiger partial charge in [-0.15, -0.1) is 0 Å². The highest BCUT2D eigenvalue weighted by Gasteiger charge is 2.12. The van der Waals surface area contributed by atoms with E-state index in [4.69, 9.17) is 10.3 Å². The molecule has 0 amide bonds. The summed E-state index contributed by atoms with van der Waals surface area (Å²) < 4.78 is 31.1. The van der Waals surface area contributed by atoms with Gasteiger partial charge in [0, 0.05) is 12.5 Å². The number of nitrogens with two attached hydrogens (primary N) is 1. The maximum Gasteiger partial charge on any atom is 0.159 e. The second kappa shape index (κ2) is 5.75. The first-order chi connectivity index (χ1) is 8.69. The Bertz CT molecular complexity index is 500. The quantitative estimate of drug-likeness (QED) is 0.633. The van der Waals surface area contributed by atoms with Crippen LogP contribution in [0.3, 0.4) is 0 Å². The van der Waals surface area contributed by atoms with E-state index >= 15 is 0 Å². The van der Waals surface area contributed by atoms with Crippen LogP contribution in [-0.4, -0.2) is 6.04 Å². The molecule has 0 aliphatic carbocycles. The van der Waals surface area contributed by atoms with Crippen LogP contribution in [0.5, 0.6) is 0 Å². The molecule has 96 valence electrons. The average Bonchev–Trinajstić information content (AvgIpc) is 2.86. The van der Waals surface area contributed by atoms with Crippen molar-refractivity contribution in [2.75, 3.05) is 0 Å². The predicted molar refractivity (Wildman–Crippen MR) is 63.6 cm³/mol. The van der Waals surface area contributed by atoms with Crippen molar-refractivity contribution in [1.82, 2.24) is 5.43 Å². The van der Waals surface area contributed by atoms with E-state index in [0.29, 0.717) is 18.4 Å². The summed E-state index contributed by atoms with van der Waals surface area (Å²) in [5, 5.41) is 0. The Morgan fingerprint density at radius 2 is 2.00 bits per heavy atom. The van der Waals surface area contributed by atoms with Crippen molar-refractivity contribution < 1.29 is 13.2 Å². The van der Waals surface area contributed by atoms with Crippen molar-refractivity contribution in [2.45, 2.75) is 18.9 Å². The van der Waals surface area contributed by atoms with Crippen LogP contribution in [-0.2, 0) is 12.8 Å². The summed E-state index contributed by atoms with van der Waals surface area (Å²) in [6.07, 6.45) is 2.66. The van der Waals surface area contributed by atoms with Gasteiger partial charge >= 0.3 is 0 Å². The minimum absolute atomic E-state index is 0.0963. The first-order valence-electron chi connectivity index (χ1n) is 5.61. The molecule has 0 aliphatic heterocycles. The van der Waals surface area contributed by atoms with Crippen molar-refractivity contribution in [3.63, 3.8) is 0 Å². The van der Waals surface area contributed by atoms with E-state index in [1.54, 1.807) is 18.4 Å². The zero-order valence-electron chi connectivity index (χ0n) is 9.70. The van der Waals surface area contributed by atoms with Crippen LogP contribution in [0.25, 0.3) is 0 Å². The molecule has 1 heterocycles. The van der Waals surface area contributed by atoms with Crippen LogP contribution in [0.15, 0.2) is 41.0 Å². The van der Waals surface area contributed by atoms with Gasteiger partial charge in [-0.25, -0.2) is 8.78 Å². The fraction of sp³-hybridized carbons (Fsp3) is 0.231. The van der Waals surface area contributed by atoms with E-state index in [0.717, 1.165) is 11.8 Å². The third kappa shape index (κ3) is 3.15. The Balaban J connectivity index is 2.03. The molecule has 18 heavy (non-hydrogen) atoms. The van der Waals surface area contributed by atoms with Gasteiger partial charge < -0.3 is 4.42 Å². The molecule has 2 aromatic rings. The van der Waals surface area contributed by atoms with Gasteiger partial charge in [0.05, 0.1) is 6.26 Å². The van der Waals surface area contributed by atoms with Gasteiger partial charge in [-0.2, -0.15) is 0 Å². The monoisotopic (exact) mass is 252 g/mol. The lowest BCUT2D eigenvalue weighted by molar-refractivity contribution is 0.443. The van der Waals surface area contributed by atoms with Crippen molar-refractivity contribution in [3.8, 4) is 0 Å². The summed E-state index contributed by atoms with van der Waals surface area (Å²) >= 11 is 0.